The van der Waals surface area contributed by atoms with Gasteiger partial charge < -0.3 is 20.3 Å². The summed E-state index contributed by atoms with van der Waals surface area (Å²) >= 11 is 0. The van der Waals surface area contributed by atoms with Gasteiger partial charge in [0.2, 0.25) is 5.91 Å². The Hall–Kier alpha value is -1.92. The molecule has 0 heterocycles. The number of aliphatic hydroxyl groups excluding tert-OH is 2. The van der Waals surface area contributed by atoms with Gasteiger partial charge in [-0.05, 0) is 83.5 Å². The van der Waals surface area contributed by atoms with Crippen molar-refractivity contribution in [3.8, 4) is 0 Å². The van der Waals surface area contributed by atoms with E-state index in [1.807, 2.05) is 0 Å². The normalized spacial score (nSPS) is 12.8. The molecule has 0 bridgehead atoms. The first-order valence-electron chi connectivity index (χ1n) is 31.8. The number of unbranched alkanes of at least 4 members (excludes halogenated alkanes) is 43. The van der Waals surface area contributed by atoms with Crippen LogP contribution >= 0.6 is 0 Å². The quantitative estimate of drug-likeness (QED) is 0.0244. The highest BCUT2D eigenvalue weighted by Gasteiger charge is 2.20. The molecule has 3 N–H and O–H groups in total. The van der Waals surface area contributed by atoms with E-state index in [-0.39, 0.29) is 18.5 Å². The summed E-state index contributed by atoms with van der Waals surface area (Å²) in [6, 6.07) is -0.551. The molecule has 0 spiro atoms. The van der Waals surface area contributed by atoms with E-state index < -0.39 is 12.1 Å². The number of hydrogen-bond acceptors (Lipinski definition) is 5. The Bertz CT molecular complexity index is 1150. The number of ether oxygens (including phenoxy) is 1. The van der Waals surface area contributed by atoms with Gasteiger partial charge in [-0.25, -0.2) is 0 Å². The van der Waals surface area contributed by atoms with E-state index in [2.05, 4.69) is 55.6 Å². The van der Waals surface area contributed by atoms with Gasteiger partial charge in [0, 0.05) is 12.8 Å². The molecule has 6 nitrogen and oxygen atoms in total. The van der Waals surface area contributed by atoms with Crippen molar-refractivity contribution in [1.29, 1.82) is 0 Å². The molecule has 0 radical (unpaired) electrons. The third kappa shape index (κ3) is 57.2. The van der Waals surface area contributed by atoms with Crippen molar-refractivity contribution in [2.24, 2.45) is 0 Å². The van der Waals surface area contributed by atoms with Crippen LogP contribution in [0.4, 0.5) is 0 Å². The van der Waals surface area contributed by atoms with Gasteiger partial charge >= 0.3 is 5.97 Å². The first kappa shape index (κ1) is 69.1. The fourth-order valence-corrected chi connectivity index (χ4v) is 9.80. The second-order valence-corrected chi connectivity index (χ2v) is 21.8. The molecular weight excluding hydrogens is 875 g/mol. The fraction of sp³-hybridized carbons (Fsp3) is 0.877. The highest BCUT2D eigenvalue weighted by atomic mass is 16.5. The minimum absolute atomic E-state index is 0.0215. The summed E-state index contributed by atoms with van der Waals surface area (Å²) in [5.74, 6) is -0.0637. The van der Waals surface area contributed by atoms with Crippen molar-refractivity contribution in [3.63, 3.8) is 0 Å². The number of nitrogens with one attached hydrogen (secondary N) is 1. The van der Waals surface area contributed by atoms with Crippen LogP contribution in [0.2, 0.25) is 0 Å². The Kier molecular flexibility index (Phi) is 59.0. The van der Waals surface area contributed by atoms with Crippen LogP contribution < -0.4 is 5.32 Å². The van der Waals surface area contributed by atoms with Crippen LogP contribution in [0.3, 0.4) is 0 Å². The highest BCUT2D eigenvalue weighted by Crippen LogP contribution is 2.18. The first-order valence-corrected chi connectivity index (χ1v) is 31.8. The topological polar surface area (TPSA) is 95.9 Å². The maximum atomic E-state index is 12.5. The Morgan fingerprint density at radius 2 is 0.704 bits per heavy atom. The molecule has 0 aromatic heterocycles. The van der Waals surface area contributed by atoms with Gasteiger partial charge in [-0.3, -0.25) is 9.59 Å². The molecule has 0 fully saturated rings. The van der Waals surface area contributed by atoms with Crippen LogP contribution in [0, 0.1) is 0 Å². The summed E-state index contributed by atoms with van der Waals surface area (Å²) in [6.45, 7) is 4.92. The smallest absolute Gasteiger partial charge is 0.305 e. The van der Waals surface area contributed by atoms with E-state index >= 15 is 0 Å². The average molecular weight is 999 g/mol. The number of rotatable bonds is 59. The van der Waals surface area contributed by atoms with Crippen molar-refractivity contribution in [3.05, 3.63) is 36.5 Å². The van der Waals surface area contributed by atoms with Crippen LogP contribution in [0.15, 0.2) is 36.5 Å². The zero-order chi connectivity index (χ0) is 51.4. The molecule has 0 saturated carbocycles. The molecule has 0 saturated heterocycles. The van der Waals surface area contributed by atoms with E-state index in [0.29, 0.717) is 25.9 Å². The number of aliphatic hydroxyl groups is 2. The summed E-state index contributed by atoms with van der Waals surface area (Å²) in [5.41, 5.74) is 0. The van der Waals surface area contributed by atoms with Gasteiger partial charge in [-0.2, -0.15) is 0 Å². The summed E-state index contributed by atoms with van der Waals surface area (Å²) < 4.78 is 5.45. The molecule has 0 aliphatic rings. The Labute approximate surface area is 443 Å². The SMILES string of the molecule is CCCCCCC/C=C\CCCCCCCC(=O)OCCCCC/C=C\C=C/CCCCCCCCCCCCC(=O)NC(CO)C(O)CCCCCCCCCCCCCCCCCCCCCCC. The van der Waals surface area contributed by atoms with Gasteiger partial charge in [-0.15, -0.1) is 0 Å². The van der Waals surface area contributed by atoms with Crippen LogP contribution in [-0.4, -0.2) is 47.4 Å². The van der Waals surface area contributed by atoms with Crippen LogP contribution in [0.25, 0.3) is 0 Å². The number of hydrogen-bond donors (Lipinski definition) is 3. The minimum atomic E-state index is -0.673. The minimum Gasteiger partial charge on any atom is -0.466 e. The van der Waals surface area contributed by atoms with Crippen molar-refractivity contribution in [2.75, 3.05) is 13.2 Å². The largest absolute Gasteiger partial charge is 0.466 e. The molecule has 418 valence electrons. The van der Waals surface area contributed by atoms with E-state index in [9.17, 15) is 19.8 Å². The second kappa shape index (κ2) is 60.6. The molecule has 1 amide bonds. The molecule has 0 aromatic rings. The zero-order valence-corrected chi connectivity index (χ0v) is 47.7. The third-order valence-corrected chi connectivity index (χ3v) is 14.7. The lowest BCUT2D eigenvalue weighted by atomic mass is 10.0. The first-order chi connectivity index (χ1) is 35.0. The lowest BCUT2D eigenvalue weighted by Crippen LogP contribution is -2.45. The lowest BCUT2D eigenvalue weighted by Gasteiger charge is -2.22. The van der Waals surface area contributed by atoms with Crippen LogP contribution in [-0.2, 0) is 14.3 Å². The molecular formula is C65H123NO5. The number of carbonyl (C=O) groups excluding carboxylic acids is 2. The van der Waals surface area contributed by atoms with Crippen molar-refractivity contribution >= 4 is 11.9 Å². The summed E-state index contributed by atoms with van der Waals surface area (Å²) in [6.07, 6.45) is 75.8. The van der Waals surface area contributed by atoms with Crippen LogP contribution in [0.1, 0.15) is 341 Å². The highest BCUT2D eigenvalue weighted by molar-refractivity contribution is 5.76. The average Bonchev–Trinajstić information content (AvgIpc) is 3.37. The Balaban J connectivity index is 3.48. The summed E-state index contributed by atoms with van der Waals surface area (Å²) in [7, 11) is 0. The van der Waals surface area contributed by atoms with Crippen molar-refractivity contribution in [2.45, 2.75) is 353 Å². The molecule has 2 atom stereocenters. The van der Waals surface area contributed by atoms with E-state index in [4.69, 9.17) is 4.74 Å². The standard InChI is InChI=1S/C65H123NO5/c1-3-5-7-9-11-13-15-17-19-20-21-22-24-27-30-33-37-41-45-49-53-57-63(68)62(61-67)66-64(69)58-54-50-46-42-38-34-31-28-25-23-26-29-32-36-40-44-48-52-56-60-71-65(70)59-55-51-47-43-39-35-18-16-14-12-10-8-6-4-2/h16,18,29,32,36,40,62-63,67-68H,3-15,17,19-28,30-31,33-35,37-39,41-61H2,1-2H3,(H,66,69)/b18-16-,32-29-,40-36-. The third-order valence-electron chi connectivity index (χ3n) is 14.7. The molecule has 71 heavy (non-hydrogen) atoms. The van der Waals surface area contributed by atoms with Gasteiger partial charge in [0.15, 0.2) is 0 Å². The predicted molar refractivity (Wildman–Crippen MR) is 310 cm³/mol. The number of esters is 1. The van der Waals surface area contributed by atoms with E-state index in [1.165, 1.54) is 238 Å². The molecule has 0 aliphatic carbocycles. The van der Waals surface area contributed by atoms with E-state index in [0.717, 1.165) is 70.6 Å². The monoisotopic (exact) mass is 998 g/mol. The van der Waals surface area contributed by atoms with Gasteiger partial charge in [0.1, 0.15) is 0 Å². The molecule has 6 heteroatoms. The van der Waals surface area contributed by atoms with Crippen LogP contribution in [0.5, 0.6) is 0 Å². The Morgan fingerprint density at radius 3 is 1.08 bits per heavy atom. The molecule has 0 aliphatic heterocycles. The number of allylic oxidation sites excluding steroid dienone is 6. The molecule has 2 unspecified atom stereocenters. The van der Waals surface area contributed by atoms with Gasteiger partial charge in [0.25, 0.3) is 0 Å². The summed E-state index contributed by atoms with van der Waals surface area (Å²) in [5, 5.41) is 23.4. The maximum absolute atomic E-state index is 12.5. The fourth-order valence-electron chi connectivity index (χ4n) is 9.80. The Morgan fingerprint density at radius 1 is 0.394 bits per heavy atom. The number of carbonyl (C=O) groups is 2. The molecule has 0 rings (SSSR count). The predicted octanol–water partition coefficient (Wildman–Crippen LogP) is 20.0. The van der Waals surface area contributed by atoms with Gasteiger partial charge in [0.05, 0.1) is 25.4 Å². The van der Waals surface area contributed by atoms with Crippen molar-refractivity contribution in [1.82, 2.24) is 5.32 Å². The zero-order valence-electron chi connectivity index (χ0n) is 47.7. The maximum Gasteiger partial charge on any atom is 0.305 e. The van der Waals surface area contributed by atoms with Crippen molar-refractivity contribution < 1.29 is 24.5 Å². The molecule has 0 aromatic carbocycles. The van der Waals surface area contributed by atoms with E-state index in [1.54, 1.807) is 0 Å². The lowest BCUT2D eigenvalue weighted by molar-refractivity contribution is -0.143. The second-order valence-electron chi connectivity index (χ2n) is 21.8. The number of amides is 1. The van der Waals surface area contributed by atoms with Gasteiger partial charge in [-0.1, -0.05) is 281 Å². The summed E-state index contributed by atoms with van der Waals surface area (Å²) in [4.78, 5) is 24.6.